The molecule has 0 fully saturated rings. The number of likely N-dealkylation sites (N-methyl/N-ethyl adjacent to an activating group) is 1. The number of aliphatic hydroxyl groups excluding tert-OH is 1. The number of unbranched alkanes of at least 4 members (excludes halogenated alkanes) is 16. The van der Waals surface area contributed by atoms with Gasteiger partial charge in [0.1, 0.15) is 19.3 Å². The number of allylic oxidation sites excluding steroid dienone is 2. The van der Waals surface area contributed by atoms with Crippen LogP contribution in [0.4, 0.5) is 0 Å². The number of phosphoric ester groups is 1. The summed E-state index contributed by atoms with van der Waals surface area (Å²) in [6.45, 7) is 3.00. The predicted octanol–water partition coefficient (Wildman–Crippen LogP) is 7.17. The van der Waals surface area contributed by atoms with Gasteiger partial charge < -0.3 is 28.3 Å². The molecular weight excluding hydrogens is 501 g/mol. The van der Waals surface area contributed by atoms with Crippen molar-refractivity contribution in [3.8, 4) is 0 Å². The van der Waals surface area contributed by atoms with E-state index in [0.29, 0.717) is 17.6 Å². The van der Waals surface area contributed by atoms with E-state index in [1.165, 1.54) is 103 Å². The van der Waals surface area contributed by atoms with Crippen LogP contribution in [0.3, 0.4) is 0 Å². The van der Waals surface area contributed by atoms with Crippen LogP contribution in [-0.2, 0) is 18.3 Å². The third kappa shape index (κ3) is 28.7. The Morgan fingerprint density at radius 1 is 0.763 bits per heavy atom. The molecule has 0 amide bonds. The standard InChI is InChI=1S/C30H62NO6P/c1-5-6-7-8-9-10-11-12-13-14-15-16-17-18-19-20-21-22-23-24-26-35-29-30(28-32)37-38(33,34)36-27-25-31(2,3)4/h12-13,30,32H,5-11,14-29H2,1-4H3/b13-12-/t30-/m0/s1. The topological polar surface area (TPSA) is 88.0 Å². The van der Waals surface area contributed by atoms with E-state index in [2.05, 4.69) is 19.1 Å². The largest absolute Gasteiger partial charge is 0.756 e. The summed E-state index contributed by atoms with van der Waals surface area (Å²) in [7, 11) is 1.39. The van der Waals surface area contributed by atoms with E-state index in [0.717, 1.165) is 12.8 Å². The van der Waals surface area contributed by atoms with Gasteiger partial charge >= 0.3 is 0 Å². The summed E-state index contributed by atoms with van der Waals surface area (Å²) in [5, 5.41) is 9.39. The molecule has 0 aromatic rings. The first-order chi connectivity index (χ1) is 18.2. The molecule has 0 aliphatic rings. The number of ether oxygens (including phenoxy) is 1. The monoisotopic (exact) mass is 563 g/mol. The van der Waals surface area contributed by atoms with Crippen molar-refractivity contribution < 1.29 is 32.8 Å². The first kappa shape index (κ1) is 37.7. The molecule has 0 aromatic carbocycles. The maximum atomic E-state index is 11.9. The Hall–Kier alpha value is -0.270. The molecule has 0 radical (unpaired) electrons. The minimum atomic E-state index is -4.45. The molecule has 38 heavy (non-hydrogen) atoms. The van der Waals surface area contributed by atoms with Crippen molar-refractivity contribution in [2.75, 3.05) is 54.1 Å². The van der Waals surface area contributed by atoms with Crippen molar-refractivity contribution in [1.82, 2.24) is 0 Å². The molecule has 0 aromatic heterocycles. The van der Waals surface area contributed by atoms with E-state index in [4.69, 9.17) is 13.8 Å². The highest BCUT2D eigenvalue weighted by Gasteiger charge is 2.19. The van der Waals surface area contributed by atoms with Gasteiger partial charge in [0.25, 0.3) is 7.82 Å². The normalized spacial score (nSPS) is 14.8. The van der Waals surface area contributed by atoms with E-state index < -0.39 is 20.5 Å². The highest BCUT2D eigenvalue weighted by molar-refractivity contribution is 7.45. The molecule has 0 saturated carbocycles. The quantitative estimate of drug-likeness (QED) is 0.0449. The Bertz CT molecular complexity index is 582. The molecule has 0 aliphatic carbocycles. The lowest BCUT2D eigenvalue weighted by Crippen LogP contribution is -2.37. The van der Waals surface area contributed by atoms with Crippen molar-refractivity contribution in [2.24, 2.45) is 0 Å². The van der Waals surface area contributed by atoms with Gasteiger partial charge in [0.2, 0.25) is 0 Å². The molecule has 0 bridgehead atoms. The fraction of sp³-hybridized carbons (Fsp3) is 0.933. The second-order valence-corrected chi connectivity index (χ2v) is 13.0. The van der Waals surface area contributed by atoms with E-state index in [1.807, 2.05) is 21.1 Å². The fourth-order valence-electron chi connectivity index (χ4n) is 4.13. The fourth-order valence-corrected chi connectivity index (χ4v) is 4.99. The number of quaternary nitrogens is 1. The Labute approximate surface area is 235 Å². The summed E-state index contributed by atoms with van der Waals surface area (Å²) in [5.41, 5.74) is 0. The lowest BCUT2D eigenvalue weighted by molar-refractivity contribution is -0.870. The Morgan fingerprint density at radius 3 is 1.71 bits per heavy atom. The van der Waals surface area contributed by atoms with Gasteiger partial charge in [0.15, 0.2) is 0 Å². The molecule has 0 aliphatic heterocycles. The summed E-state index contributed by atoms with van der Waals surface area (Å²) >= 11 is 0. The van der Waals surface area contributed by atoms with Crippen LogP contribution in [0, 0.1) is 0 Å². The van der Waals surface area contributed by atoms with Gasteiger partial charge in [-0.15, -0.1) is 0 Å². The zero-order valence-corrected chi connectivity index (χ0v) is 26.3. The summed E-state index contributed by atoms with van der Waals surface area (Å²) in [4.78, 5) is 11.9. The second kappa shape index (κ2) is 25.7. The number of hydrogen-bond acceptors (Lipinski definition) is 6. The maximum Gasteiger partial charge on any atom is 0.268 e. The van der Waals surface area contributed by atoms with E-state index in [9.17, 15) is 14.6 Å². The average molecular weight is 564 g/mol. The van der Waals surface area contributed by atoms with Gasteiger partial charge in [0, 0.05) is 6.61 Å². The summed E-state index contributed by atoms with van der Waals surface area (Å²) in [6, 6.07) is 0. The maximum absolute atomic E-state index is 11.9. The van der Waals surface area contributed by atoms with Crippen LogP contribution < -0.4 is 4.89 Å². The third-order valence-electron chi connectivity index (χ3n) is 6.60. The highest BCUT2D eigenvalue weighted by Crippen LogP contribution is 2.39. The summed E-state index contributed by atoms with van der Waals surface area (Å²) in [6.07, 6.45) is 27.1. The van der Waals surface area contributed by atoms with Crippen molar-refractivity contribution in [1.29, 1.82) is 0 Å². The van der Waals surface area contributed by atoms with Crippen molar-refractivity contribution >= 4 is 7.82 Å². The van der Waals surface area contributed by atoms with Crippen LogP contribution in [0.5, 0.6) is 0 Å². The van der Waals surface area contributed by atoms with Crippen LogP contribution in [0.1, 0.15) is 122 Å². The van der Waals surface area contributed by atoms with Crippen LogP contribution in [0.2, 0.25) is 0 Å². The van der Waals surface area contributed by atoms with E-state index >= 15 is 0 Å². The van der Waals surface area contributed by atoms with Gasteiger partial charge in [-0.05, 0) is 32.1 Å². The van der Waals surface area contributed by atoms with Crippen molar-refractivity contribution in [2.45, 2.75) is 129 Å². The highest BCUT2D eigenvalue weighted by atomic mass is 31.2. The molecule has 228 valence electrons. The van der Waals surface area contributed by atoms with Crippen LogP contribution in [-0.4, -0.2) is 69.8 Å². The molecule has 1 unspecified atom stereocenters. The summed E-state index contributed by atoms with van der Waals surface area (Å²) in [5.74, 6) is 0. The molecule has 0 heterocycles. The SMILES string of the molecule is CCCCCCCC/C=C\CCCCCCCCCCCCOC[C@H](CO)OP(=O)([O-])OCC[N+](C)(C)C. The second-order valence-electron chi connectivity index (χ2n) is 11.6. The zero-order valence-electron chi connectivity index (χ0n) is 25.4. The Balaban J connectivity index is 3.47. The number of hydrogen-bond donors (Lipinski definition) is 1. The number of rotatable bonds is 29. The zero-order chi connectivity index (χ0) is 28.4. The molecule has 0 rings (SSSR count). The molecular formula is C30H62NO6P. The van der Waals surface area contributed by atoms with E-state index in [1.54, 1.807) is 0 Å². The minimum absolute atomic E-state index is 0.0380. The van der Waals surface area contributed by atoms with Gasteiger partial charge in [-0.1, -0.05) is 103 Å². The molecule has 7 nitrogen and oxygen atoms in total. The van der Waals surface area contributed by atoms with Crippen LogP contribution in [0.25, 0.3) is 0 Å². The first-order valence-corrected chi connectivity index (χ1v) is 16.9. The third-order valence-corrected chi connectivity index (χ3v) is 7.65. The lowest BCUT2D eigenvalue weighted by Gasteiger charge is -2.29. The van der Waals surface area contributed by atoms with Gasteiger partial charge in [-0.25, -0.2) is 0 Å². The average Bonchev–Trinajstić information content (AvgIpc) is 2.85. The first-order valence-electron chi connectivity index (χ1n) is 15.5. The number of nitrogens with zero attached hydrogens (tertiary/aromatic N) is 1. The minimum Gasteiger partial charge on any atom is -0.756 e. The molecule has 1 N–H and O–H groups in total. The number of phosphoric acid groups is 1. The van der Waals surface area contributed by atoms with Crippen LogP contribution >= 0.6 is 7.82 Å². The van der Waals surface area contributed by atoms with Crippen molar-refractivity contribution in [3.63, 3.8) is 0 Å². The molecule has 2 atom stereocenters. The van der Waals surface area contributed by atoms with Crippen molar-refractivity contribution in [3.05, 3.63) is 12.2 Å². The lowest BCUT2D eigenvalue weighted by atomic mass is 10.1. The smallest absolute Gasteiger partial charge is 0.268 e. The van der Waals surface area contributed by atoms with Crippen LogP contribution in [0.15, 0.2) is 12.2 Å². The summed E-state index contributed by atoms with van der Waals surface area (Å²) < 4.78 is 27.8. The van der Waals surface area contributed by atoms with Gasteiger partial charge in [0.05, 0.1) is 34.4 Å². The Morgan fingerprint density at radius 2 is 1.24 bits per heavy atom. The Kier molecular flexibility index (Phi) is 25.5. The van der Waals surface area contributed by atoms with Gasteiger partial charge in [-0.3, -0.25) is 4.57 Å². The molecule has 8 heteroatoms. The predicted molar refractivity (Wildman–Crippen MR) is 157 cm³/mol. The molecule has 0 spiro atoms. The van der Waals surface area contributed by atoms with E-state index in [-0.39, 0.29) is 13.2 Å². The van der Waals surface area contributed by atoms with Gasteiger partial charge in [-0.2, -0.15) is 0 Å². The number of aliphatic hydroxyl groups is 1. The molecule has 0 saturated heterocycles.